The normalized spacial score (nSPS) is 19.7. The van der Waals surface area contributed by atoms with Crippen LogP contribution in [0.5, 0.6) is 0 Å². The van der Waals surface area contributed by atoms with Crippen molar-refractivity contribution >= 4 is 5.91 Å². The molecule has 7 nitrogen and oxygen atoms in total. The molecule has 1 fully saturated rings. The summed E-state index contributed by atoms with van der Waals surface area (Å²) in [6.45, 7) is 2.75. The van der Waals surface area contributed by atoms with E-state index in [4.69, 9.17) is 14.7 Å². The van der Waals surface area contributed by atoms with E-state index in [0.717, 1.165) is 25.8 Å². The van der Waals surface area contributed by atoms with Crippen LogP contribution >= 0.6 is 0 Å². The van der Waals surface area contributed by atoms with Crippen molar-refractivity contribution in [2.24, 2.45) is 5.73 Å². The third kappa shape index (κ3) is 3.61. The molecule has 2 atom stereocenters. The summed E-state index contributed by atoms with van der Waals surface area (Å²) in [5.74, 6) is 1.51. The number of carbonyl (C=O) groups is 1. The molecule has 1 saturated heterocycles. The molecule has 2 N–H and O–H groups in total. The summed E-state index contributed by atoms with van der Waals surface area (Å²) in [5, 5.41) is 3.87. The first-order valence-electron chi connectivity index (χ1n) is 8.06. The van der Waals surface area contributed by atoms with Crippen LogP contribution < -0.4 is 5.73 Å². The summed E-state index contributed by atoms with van der Waals surface area (Å²) in [7, 11) is 0. The third-order valence-corrected chi connectivity index (χ3v) is 4.24. The Morgan fingerprint density at radius 3 is 3.13 bits per heavy atom. The molecule has 0 saturated carbocycles. The van der Waals surface area contributed by atoms with E-state index in [2.05, 4.69) is 10.1 Å². The van der Waals surface area contributed by atoms with E-state index in [1.165, 1.54) is 0 Å². The molecule has 1 aliphatic heterocycles. The number of hydrogen-bond acceptors (Lipinski definition) is 6. The number of piperidine rings is 1. The van der Waals surface area contributed by atoms with Crippen LogP contribution in [-0.4, -0.2) is 39.6 Å². The number of nitrogens with zero attached hydrogens (tertiary/aromatic N) is 3. The molecule has 0 aromatic carbocycles. The second kappa shape index (κ2) is 6.95. The molecule has 23 heavy (non-hydrogen) atoms. The minimum atomic E-state index is -0.00629. The second-order valence-corrected chi connectivity index (χ2v) is 6.00. The molecule has 1 aliphatic rings. The van der Waals surface area contributed by atoms with Crippen LogP contribution in [0.15, 0.2) is 27.3 Å². The van der Waals surface area contributed by atoms with Gasteiger partial charge in [0.25, 0.3) is 0 Å². The minimum absolute atomic E-state index is 0.00629. The van der Waals surface area contributed by atoms with Gasteiger partial charge in [-0.3, -0.25) is 4.79 Å². The molecule has 3 heterocycles. The van der Waals surface area contributed by atoms with E-state index in [9.17, 15) is 4.79 Å². The first-order chi connectivity index (χ1) is 11.1. The predicted octanol–water partition coefficient (Wildman–Crippen LogP) is 1.99. The molecule has 2 unspecified atom stereocenters. The quantitative estimate of drug-likeness (QED) is 0.905. The Balaban J connectivity index is 1.58. The van der Waals surface area contributed by atoms with Gasteiger partial charge in [-0.15, -0.1) is 0 Å². The predicted molar refractivity (Wildman–Crippen MR) is 83.3 cm³/mol. The van der Waals surface area contributed by atoms with Crippen molar-refractivity contribution in [1.82, 2.24) is 15.0 Å². The first kappa shape index (κ1) is 15.7. The largest absolute Gasteiger partial charge is 0.461 e. The molecule has 7 heteroatoms. The van der Waals surface area contributed by atoms with Gasteiger partial charge in [-0.1, -0.05) is 5.16 Å². The summed E-state index contributed by atoms with van der Waals surface area (Å²) in [6, 6.07) is 3.66. The summed E-state index contributed by atoms with van der Waals surface area (Å²) in [4.78, 5) is 18.7. The molecule has 0 aliphatic carbocycles. The van der Waals surface area contributed by atoms with E-state index in [-0.39, 0.29) is 18.0 Å². The standard InChI is InChI=1S/C16H22N4O3/c1-11(17)12-5-2-3-9-20(12)15(21)8-7-14-18-16(19-23-14)13-6-4-10-22-13/h4,6,10-12H,2-3,5,7-9,17H2,1H3. The van der Waals surface area contributed by atoms with Gasteiger partial charge in [0.1, 0.15) is 0 Å². The smallest absolute Gasteiger partial charge is 0.238 e. The van der Waals surface area contributed by atoms with Gasteiger partial charge in [0, 0.05) is 31.5 Å². The number of rotatable bonds is 5. The Bertz CT molecular complexity index is 636. The van der Waals surface area contributed by atoms with Crippen LogP contribution in [0, 0.1) is 0 Å². The number of carbonyl (C=O) groups excluding carboxylic acids is 1. The molecular formula is C16H22N4O3. The van der Waals surface area contributed by atoms with Crippen molar-refractivity contribution in [3.63, 3.8) is 0 Å². The Morgan fingerprint density at radius 1 is 1.52 bits per heavy atom. The van der Waals surface area contributed by atoms with E-state index in [1.54, 1.807) is 18.4 Å². The summed E-state index contributed by atoms with van der Waals surface area (Å²) >= 11 is 0. The van der Waals surface area contributed by atoms with Crippen LogP contribution in [0.4, 0.5) is 0 Å². The lowest BCUT2D eigenvalue weighted by molar-refractivity contribution is -0.135. The highest BCUT2D eigenvalue weighted by Crippen LogP contribution is 2.21. The maximum atomic E-state index is 12.5. The lowest BCUT2D eigenvalue weighted by atomic mass is 9.96. The van der Waals surface area contributed by atoms with Crippen molar-refractivity contribution < 1.29 is 13.7 Å². The molecule has 0 bridgehead atoms. The molecule has 0 radical (unpaired) electrons. The SMILES string of the molecule is CC(N)C1CCCCN1C(=O)CCc1nc(-c2ccco2)no1. The monoisotopic (exact) mass is 318 g/mol. The van der Waals surface area contributed by atoms with E-state index < -0.39 is 0 Å². The Morgan fingerprint density at radius 2 is 2.39 bits per heavy atom. The average molecular weight is 318 g/mol. The van der Waals surface area contributed by atoms with E-state index >= 15 is 0 Å². The number of amides is 1. The topological polar surface area (TPSA) is 98.4 Å². The zero-order valence-corrected chi connectivity index (χ0v) is 13.3. The van der Waals surface area contributed by atoms with Crippen molar-refractivity contribution in [3.8, 4) is 11.6 Å². The molecular weight excluding hydrogens is 296 g/mol. The fourth-order valence-electron chi connectivity index (χ4n) is 3.03. The van der Waals surface area contributed by atoms with Gasteiger partial charge < -0.3 is 19.6 Å². The number of hydrogen-bond donors (Lipinski definition) is 1. The fraction of sp³-hybridized carbons (Fsp3) is 0.562. The highest BCUT2D eigenvalue weighted by molar-refractivity contribution is 5.76. The Labute approximate surface area is 134 Å². The maximum Gasteiger partial charge on any atom is 0.238 e. The molecule has 1 amide bonds. The molecule has 3 rings (SSSR count). The van der Waals surface area contributed by atoms with Gasteiger partial charge in [-0.05, 0) is 38.3 Å². The van der Waals surface area contributed by atoms with Crippen molar-refractivity contribution in [3.05, 3.63) is 24.3 Å². The Kier molecular flexibility index (Phi) is 4.76. The second-order valence-electron chi connectivity index (χ2n) is 6.00. The van der Waals surface area contributed by atoms with Gasteiger partial charge in [0.15, 0.2) is 5.76 Å². The first-order valence-corrected chi connectivity index (χ1v) is 8.06. The lowest BCUT2D eigenvalue weighted by Crippen LogP contribution is -2.51. The van der Waals surface area contributed by atoms with Gasteiger partial charge in [-0.2, -0.15) is 4.98 Å². The highest BCUT2D eigenvalue weighted by Gasteiger charge is 2.29. The van der Waals surface area contributed by atoms with Gasteiger partial charge >= 0.3 is 0 Å². The van der Waals surface area contributed by atoms with E-state index in [1.807, 2.05) is 11.8 Å². The third-order valence-electron chi connectivity index (χ3n) is 4.24. The van der Waals surface area contributed by atoms with Crippen molar-refractivity contribution in [1.29, 1.82) is 0 Å². The van der Waals surface area contributed by atoms with Crippen molar-refractivity contribution in [2.45, 2.75) is 51.1 Å². The molecule has 0 spiro atoms. The summed E-state index contributed by atoms with van der Waals surface area (Å²) in [6.07, 6.45) is 5.48. The average Bonchev–Trinajstić information content (AvgIpc) is 3.23. The zero-order chi connectivity index (χ0) is 16.2. The van der Waals surface area contributed by atoms with Gasteiger partial charge in [0.05, 0.1) is 6.26 Å². The van der Waals surface area contributed by atoms with Crippen LogP contribution in [0.25, 0.3) is 11.6 Å². The zero-order valence-electron chi connectivity index (χ0n) is 13.3. The van der Waals surface area contributed by atoms with Crippen LogP contribution in [0.2, 0.25) is 0 Å². The fourth-order valence-corrected chi connectivity index (χ4v) is 3.03. The summed E-state index contributed by atoms with van der Waals surface area (Å²) in [5.41, 5.74) is 6.01. The number of aryl methyl sites for hydroxylation is 1. The lowest BCUT2D eigenvalue weighted by Gasteiger charge is -2.38. The van der Waals surface area contributed by atoms with Gasteiger partial charge in [0.2, 0.25) is 17.6 Å². The van der Waals surface area contributed by atoms with E-state index in [0.29, 0.717) is 30.3 Å². The highest BCUT2D eigenvalue weighted by atomic mass is 16.5. The number of furan rings is 1. The molecule has 124 valence electrons. The van der Waals surface area contributed by atoms with Gasteiger partial charge in [-0.25, -0.2) is 0 Å². The molecule has 2 aromatic heterocycles. The van der Waals surface area contributed by atoms with Crippen molar-refractivity contribution in [2.75, 3.05) is 6.54 Å². The Hall–Kier alpha value is -2.15. The summed E-state index contributed by atoms with van der Waals surface area (Å²) < 4.78 is 10.4. The number of nitrogens with two attached hydrogens (primary N) is 1. The molecule has 2 aromatic rings. The number of aromatic nitrogens is 2. The maximum absolute atomic E-state index is 12.5. The number of likely N-dealkylation sites (tertiary alicyclic amines) is 1. The van der Waals surface area contributed by atoms with Crippen LogP contribution in [0.1, 0.15) is 38.5 Å². The van der Waals surface area contributed by atoms with Crippen LogP contribution in [0.3, 0.4) is 0 Å². The minimum Gasteiger partial charge on any atom is -0.461 e. The van der Waals surface area contributed by atoms with Crippen LogP contribution in [-0.2, 0) is 11.2 Å².